The van der Waals surface area contributed by atoms with Crippen molar-refractivity contribution in [3.63, 3.8) is 0 Å². The Morgan fingerprint density at radius 2 is 1.86 bits per heavy atom. The van der Waals surface area contributed by atoms with E-state index in [-0.39, 0.29) is 27.8 Å². The molecule has 0 radical (unpaired) electrons. The fourth-order valence-electron chi connectivity index (χ4n) is 3.38. The molecule has 0 saturated carbocycles. The average molecular weight is 419 g/mol. The number of benzene rings is 2. The Balaban J connectivity index is 2.19. The molecule has 0 amide bonds. The molecule has 1 aliphatic rings. The highest BCUT2D eigenvalue weighted by Crippen LogP contribution is 2.37. The number of halogens is 4. The Bertz CT molecular complexity index is 1280. The van der Waals surface area contributed by atoms with Gasteiger partial charge in [0.25, 0.3) is 0 Å². The third-order valence-corrected chi connectivity index (χ3v) is 5.29. The van der Waals surface area contributed by atoms with Gasteiger partial charge in [-0.1, -0.05) is 23.2 Å². The van der Waals surface area contributed by atoms with Crippen LogP contribution in [0.4, 0.5) is 14.6 Å². The second-order valence-corrected chi connectivity index (χ2v) is 6.98. The summed E-state index contributed by atoms with van der Waals surface area (Å²) < 4.78 is 30.9. The van der Waals surface area contributed by atoms with Gasteiger partial charge in [-0.15, -0.1) is 0 Å². The summed E-state index contributed by atoms with van der Waals surface area (Å²) >= 11 is 12.0. The molecule has 0 bridgehead atoms. The largest absolute Gasteiger partial charge is 0.369 e. The summed E-state index contributed by atoms with van der Waals surface area (Å²) in [5.74, 6) is -3.22. The van der Waals surface area contributed by atoms with E-state index < -0.39 is 33.4 Å². The van der Waals surface area contributed by atoms with Gasteiger partial charge in [-0.05, 0) is 24.3 Å². The minimum atomic E-state index is -1.45. The molecule has 28 heavy (non-hydrogen) atoms. The highest BCUT2D eigenvalue weighted by molar-refractivity contribution is 6.37. The molecule has 4 rings (SSSR count). The number of ketones is 1. The highest BCUT2D eigenvalue weighted by atomic mass is 35.5. The monoisotopic (exact) mass is 418 g/mol. The Hall–Kier alpha value is -2.95. The summed E-state index contributed by atoms with van der Waals surface area (Å²) in [4.78, 5) is 13.2. The van der Waals surface area contributed by atoms with Crippen molar-refractivity contribution in [3.8, 4) is 6.07 Å². The van der Waals surface area contributed by atoms with Crippen molar-refractivity contribution in [3.05, 3.63) is 68.1 Å². The van der Waals surface area contributed by atoms with Crippen molar-refractivity contribution < 1.29 is 13.6 Å². The Labute approximate surface area is 167 Å². The van der Waals surface area contributed by atoms with E-state index in [9.17, 15) is 13.6 Å². The van der Waals surface area contributed by atoms with E-state index in [0.29, 0.717) is 18.1 Å². The lowest BCUT2D eigenvalue weighted by Crippen LogP contribution is -2.23. The molecule has 2 heterocycles. The van der Waals surface area contributed by atoms with Crippen LogP contribution in [0.5, 0.6) is 0 Å². The number of carbonyl (C=O) groups excluding carboxylic acids is 1. The van der Waals surface area contributed by atoms with Crippen LogP contribution in [0.25, 0.3) is 10.8 Å². The van der Waals surface area contributed by atoms with E-state index in [1.54, 1.807) is 0 Å². The van der Waals surface area contributed by atoms with Gasteiger partial charge in [0.2, 0.25) is 0 Å². The molecular weight excluding hydrogens is 409 g/mol. The van der Waals surface area contributed by atoms with Crippen LogP contribution in [0.15, 0.2) is 24.3 Å². The fourth-order valence-corrected chi connectivity index (χ4v) is 3.81. The van der Waals surface area contributed by atoms with Gasteiger partial charge in [0.05, 0.1) is 10.6 Å². The number of pyridine rings is 1. The number of carbonyl (C=O) groups is 1. The SMILES string of the molecule is N#Cc1c(F)c(F)c2c(C(=O)c3ccc(Cl)cc3)c3n(c(=N)c2c1Cl)CCN3. The molecular formula is C19H10Cl2F2N4O. The number of aromatic nitrogens is 1. The topological polar surface area (TPSA) is 81.7 Å². The van der Waals surface area contributed by atoms with Crippen LogP contribution < -0.4 is 10.8 Å². The molecule has 1 aliphatic heterocycles. The Morgan fingerprint density at radius 3 is 2.50 bits per heavy atom. The predicted molar refractivity (Wildman–Crippen MR) is 101 cm³/mol. The first-order valence-electron chi connectivity index (χ1n) is 8.12. The Kier molecular flexibility index (Phi) is 4.33. The van der Waals surface area contributed by atoms with Crippen molar-refractivity contribution in [2.24, 2.45) is 0 Å². The first-order valence-corrected chi connectivity index (χ1v) is 8.88. The summed E-state index contributed by atoms with van der Waals surface area (Å²) in [6.07, 6.45) is 0. The van der Waals surface area contributed by atoms with Crippen molar-refractivity contribution in [2.75, 3.05) is 11.9 Å². The van der Waals surface area contributed by atoms with Crippen LogP contribution in [0.2, 0.25) is 10.0 Å². The molecule has 0 atom stereocenters. The molecule has 0 aliphatic carbocycles. The molecule has 5 nitrogen and oxygen atoms in total. The lowest BCUT2D eigenvalue weighted by molar-refractivity contribution is 0.104. The maximum absolute atomic E-state index is 15.0. The molecule has 2 N–H and O–H groups in total. The van der Waals surface area contributed by atoms with Crippen LogP contribution >= 0.6 is 23.2 Å². The van der Waals surface area contributed by atoms with Gasteiger partial charge in [-0.25, -0.2) is 8.78 Å². The minimum absolute atomic E-state index is 0.145. The maximum Gasteiger partial charge on any atom is 0.197 e. The van der Waals surface area contributed by atoms with Gasteiger partial charge in [-0.2, -0.15) is 5.26 Å². The van der Waals surface area contributed by atoms with Gasteiger partial charge >= 0.3 is 0 Å². The quantitative estimate of drug-likeness (QED) is 0.482. The van der Waals surface area contributed by atoms with Gasteiger partial charge in [0, 0.05) is 34.4 Å². The van der Waals surface area contributed by atoms with Crippen LogP contribution in [0.1, 0.15) is 21.5 Å². The second-order valence-electron chi connectivity index (χ2n) is 6.17. The standard InChI is InChI=1S/C19H10Cl2F2N4O/c20-9-3-1-8(2-4-9)17(28)13-11-12(18(25)27-6-5-26-19(13)27)14(21)10(7-24)15(22)16(11)23/h1-4,25-26H,5-6H2. The zero-order valence-corrected chi connectivity index (χ0v) is 15.6. The molecule has 0 spiro atoms. The van der Waals surface area contributed by atoms with Crippen LogP contribution in [-0.2, 0) is 6.54 Å². The first-order chi connectivity index (χ1) is 13.4. The van der Waals surface area contributed by atoms with Gasteiger partial charge in [0.15, 0.2) is 17.4 Å². The van der Waals surface area contributed by atoms with Crippen LogP contribution in [-0.4, -0.2) is 16.9 Å². The molecule has 0 unspecified atom stereocenters. The number of fused-ring (bicyclic) bond motifs is 2. The number of rotatable bonds is 2. The zero-order chi connectivity index (χ0) is 20.2. The number of nitrogens with one attached hydrogen (secondary N) is 2. The van der Waals surface area contributed by atoms with Crippen molar-refractivity contribution in [1.29, 1.82) is 10.7 Å². The highest BCUT2D eigenvalue weighted by Gasteiger charge is 2.31. The number of anilines is 1. The van der Waals surface area contributed by atoms with E-state index in [0.717, 1.165) is 0 Å². The second kappa shape index (κ2) is 6.59. The molecule has 2 aromatic carbocycles. The molecule has 3 aromatic rings. The normalized spacial score (nSPS) is 12.5. The molecule has 9 heteroatoms. The first kappa shape index (κ1) is 18.4. The van der Waals surface area contributed by atoms with Gasteiger partial charge in [0.1, 0.15) is 22.9 Å². The minimum Gasteiger partial charge on any atom is -0.369 e. The summed E-state index contributed by atoms with van der Waals surface area (Å²) in [6, 6.07) is 7.48. The maximum atomic E-state index is 15.0. The number of hydrogen-bond acceptors (Lipinski definition) is 4. The molecule has 140 valence electrons. The molecule has 0 fully saturated rings. The fraction of sp³-hybridized carbons (Fsp3) is 0.105. The van der Waals surface area contributed by atoms with E-state index in [1.165, 1.54) is 34.9 Å². The van der Waals surface area contributed by atoms with Crippen molar-refractivity contribution in [2.45, 2.75) is 6.54 Å². The Morgan fingerprint density at radius 1 is 1.18 bits per heavy atom. The number of nitriles is 1. The van der Waals surface area contributed by atoms with Gasteiger partial charge < -0.3 is 9.88 Å². The third kappa shape index (κ3) is 2.49. The summed E-state index contributed by atoms with van der Waals surface area (Å²) in [6.45, 7) is 0.734. The smallest absolute Gasteiger partial charge is 0.197 e. The van der Waals surface area contributed by atoms with E-state index in [4.69, 9.17) is 33.9 Å². The van der Waals surface area contributed by atoms with Crippen molar-refractivity contribution >= 4 is 45.6 Å². The van der Waals surface area contributed by atoms with Crippen molar-refractivity contribution in [1.82, 2.24) is 4.57 Å². The lowest BCUT2D eigenvalue weighted by atomic mass is 9.96. The van der Waals surface area contributed by atoms with E-state index in [1.807, 2.05) is 0 Å². The summed E-state index contributed by atoms with van der Waals surface area (Å²) in [5.41, 5.74) is -0.839. The molecule has 0 saturated heterocycles. The number of nitrogens with zero attached hydrogens (tertiary/aromatic N) is 2. The lowest BCUT2D eigenvalue weighted by Gasteiger charge is -2.16. The van der Waals surface area contributed by atoms with Crippen LogP contribution in [0, 0.1) is 28.4 Å². The van der Waals surface area contributed by atoms with Crippen LogP contribution in [0.3, 0.4) is 0 Å². The van der Waals surface area contributed by atoms with E-state index in [2.05, 4.69) is 5.32 Å². The third-order valence-electron chi connectivity index (χ3n) is 4.66. The average Bonchev–Trinajstić information content (AvgIpc) is 3.16. The number of hydrogen-bond donors (Lipinski definition) is 2. The van der Waals surface area contributed by atoms with Gasteiger partial charge in [-0.3, -0.25) is 10.2 Å². The molecule has 1 aromatic heterocycles. The zero-order valence-electron chi connectivity index (χ0n) is 14.0. The predicted octanol–water partition coefficient (Wildman–Crippen LogP) is 4.23. The van der Waals surface area contributed by atoms with E-state index >= 15 is 0 Å². The summed E-state index contributed by atoms with van der Waals surface area (Å²) in [5, 5.41) is 19.9. The summed E-state index contributed by atoms with van der Waals surface area (Å²) in [7, 11) is 0.